The second kappa shape index (κ2) is 12.1. The van der Waals surface area contributed by atoms with Crippen molar-refractivity contribution in [3.8, 4) is 0 Å². The first-order chi connectivity index (χ1) is 20.7. The van der Waals surface area contributed by atoms with Gasteiger partial charge in [-0.3, -0.25) is 9.10 Å². The van der Waals surface area contributed by atoms with Crippen molar-refractivity contribution in [2.24, 2.45) is 5.92 Å². The lowest BCUT2D eigenvalue weighted by Gasteiger charge is -2.46. The first-order valence-corrected chi connectivity index (χ1v) is 16.8. The zero-order valence-corrected chi connectivity index (χ0v) is 25.9. The summed E-state index contributed by atoms with van der Waals surface area (Å²) in [6, 6.07) is 8.34. The van der Waals surface area contributed by atoms with E-state index in [1.165, 1.54) is 22.9 Å². The normalized spacial score (nSPS) is 26.0. The van der Waals surface area contributed by atoms with Gasteiger partial charge in [-0.1, -0.05) is 30.9 Å². The number of carbonyl (C=O) groups is 1. The third-order valence-corrected chi connectivity index (χ3v) is 11.7. The Morgan fingerprint density at radius 2 is 1.66 bits per heavy atom. The lowest BCUT2D eigenvalue weighted by molar-refractivity contribution is -0.273. The Morgan fingerprint density at radius 3 is 2.25 bits per heavy atom. The summed E-state index contributed by atoms with van der Waals surface area (Å²) in [5, 5.41) is 13.6. The van der Waals surface area contributed by atoms with Gasteiger partial charge in [0.2, 0.25) is 0 Å². The SMILES string of the molecule is CC(C)=CCC1N(S(=O)(=O)c2ccc(F)cc2)c2ccc(C(=O)NCC3CCCCC3)cc2C12CCC(O)(C(F)(F)F)CC2. The first kappa shape index (κ1) is 32.5. The zero-order valence-electron chi connectivity index (χ0n) is 25.1. The van der Waals surface area contributed by atoms with Crippen LogP contribution in [0.15, 0.2) is 59.0 Å². The molecule has 2 aromatic carbocycles. The van der Waals surface area contributed by atoms with Crippen LogP contribution in [0.1, 0.15) is 94.0 Å². The van der Waals surface area contributed by atoms with Crippen molar-refractivity contribution in [3.05, 3.63) is 71.1 Å². The number of halogens is 4. The minimum absolute atomic E-state index is 0.139. The summed E-state index contributed by atoms with van der Waals surface area (Å²) in [5.74, 6) is -0.542. The van der Waals surface area contributed by atoms with Crippen molar-refractivity contribution < 1.29 is 35.9 Å². The molecule has 240 valence electrons. The zero-order chi connectivity index (χ0) is 31.9. The van der Waals surface area contributed by atoms with Gasteiger partial charge >= 0.3 is 6.18 Å². The number of carbonyl (C=O) groups excluding carboxylic acids is 1. The van der Waals surface area contributed by atoms with E-state index in [0.29, 0.717) is 23.6 Å². The molecule has 3 aliphatic rings. The van der Waals surface area contributed by atoms with Gasteiger partial charge in [-0.2, -0.15) is 13.2 Å². The number of aliphatic hydroxyl groups is 1. The fourth-order valence-electron chi connectivity index (χ4n) is 7.25. The predicted octanol–water partition coefficient (Wildman–Crippen LogP) is 7.17. The maximum absolute atomic E-state index is 14.2. The molecule has 2 N–H and O–H groups in total. The molecule has 0 bridgehead atoms. The van der Waals surface area contributed by atoms with Crippen molar-refractivity contribution in [2.45, 2.75) is 106 Å². The van der Waals surface area contributed by atoms with Crippen molar-refractivity contribution in [1.29, 1.82) is 0 Å². The second-order valence-electron chi connectivity index (χ2n) is 12.9. The van der Waals surface area contributed by atoms with Crippen LogP contribution in [0.4, 0.5) is 23.2 Å². The number of sulfonamides is 1. The maximum atomic E-state index is 14.2. The third-order valence-electron chi connectivity index (χ3n) is 9.85. The average Bonchev–Trinajstić information content (AvgIpc) is 3.25. The van der Waals surface area contributed by atoms with Crippen LogP contribution >= 0.6 is 0 Å². The highest BCUT2D eigenvalue weighted by Gasteiger charge is 2.62. The first-order valence-electron chi connectivity index (χ1n) is 15.3. The molecule has 6 nitrogen and oxygen atoms in total. The van der Waals surface area contributed by atoms with E-state index in [0.717, 1.165) is 43.4 Å². The largest absolute Gasteiger partial charge is 0.417 e. The van der Waals surface area contributed by atoms with Gasteiger partial charge in [0.1, 0.15) is 5.82 Å². The van der Waals surface area contributed by atoms with Gasteiger partial charge in [-0.05, 0) is 113 Å². The van der Waals surface area contributed by atoms with E-state index in [2.05, 4.69) is 5.32 Å². The number of amides is 1. The molecular weight excluding hydrogens is 596 g/mol. The number of fused-ring (bicyclic) bond motifs is 2. The number of nitrogens with zero attached hydrogens (tertiary/aromatic N) is 1. The number of alkyl halides is 3. The number of hydrogen-bond acceptors (Lipinski definition) is 4. The van der Waals surface area contributed by atoms with Crippen LogP contribution in [0.2, 0.25) is 0 Å². The van der Waals surface area contributed by atoms with Gasteiger partial charge in [0.25, 0.3) is 15.9 Å². The molecule has 2 fully saturated rings. The van der Waals surface area contributed by atoms with Gasteiger partial charge in [0, 0.05) is 17.5 Å². The van der Waals surface area contributed by atoms with Crippen LogP contribution < -0.4 is 9.62 Å². The van der Waals surface area contributed by atoms with E-state index in [1.54, 1.807) is 18.2 Å². The molecule has 0 saturated heterocycles. The van der Waals surface area contributed by atoms with Crippen LogP contribution in [-0.4, -0.2) is 43.8 Å². The fraction of sp³-hybridized carbons (Fsp3) is 0.545. The molecule has 1 heterocycles. The van der Waals surface area contributed by atoms with Crippen LogP contribution in [-0.2, 0) is 15.4 Å². The molecule has 1 unspecified atom stereocenters. The van der Waals surface area contributed by atoms with Crippen molar-refractivity contribution in [2.75, 3.05) is 10.8 Å². The second-order valence-corrected chi connectivity index (χ2v) is 14.7. The van der Waals surface area contributed by atoms with Crippen LogP contribution in [0.3, 0.4) is 0 Å². The molecule has 2 aromatic rings. The summed E-state index contributed by atoms with van der Waals surface area (Å²) in [4.78, 5) is 13.2. The van der Waals surface area contributed by atoms with E-state index in [4.69, 9.17) is 0 Å². The minimum atomic E-state index is -4.84. The van der Waals surface area contributed by atoms with E-state index in [9.17, 15) is 35.9 Å². The van der Waals surface area contributed by atoms with Gasteiger partial charge in [-0.15, -0.1) is 0 Å². The fourth-order valence-corrected chi connectivity index (χ4v) is 9.00. The molecule has 11 heteroatoms. The number of nitrogens with one attached hydrogen (secondary N) is 1. The predicted molar refractivity (Wildman–Crippen MR) is 160 cm³/mol. The summed E-state index contributed by atoms with van der Waals surface area (Å²) in [6.07, 6.45) is 1.23. The Balaban J connectivity index is 1.60. The minimum Gasteiger partial charge on any atom is -0.380 e. The van der Waals surface area contributed by atoms with Crippen molar-refractivity contribution in [1.82, 2.24) is 5.32 Å². The maximum Gasteiger partial charge on any atom is 0.417 e. The summed E-state index contributed by atoms with van der Waals surface area (Å²) in [6.45, 7) is 4.23. The van der Waals surface area contributed by atoms with Crippen LogP contribution in [0.5, 0.6) is 0 Å². The molecule has 1 amide bonds. The highest BCUT2D eigenvalue weighted by atomic mass is 32.2. The van der Waals surface area contributed by atoms with Gasteiger partial charge < -0.3 is 10.4 Å². The summed E-state index contributed by atoms with van der Waals surface area (Å²) in [5.41, 5.74) is -2.03. The molecule has 1 spiro atoms. The van der Waals surface area contributed by atoms with E-state index in [-0.39, 0.29) is 35.8 Å². The Morgan fingerprint density at radius 1 is 1.02 bits per heavy atom. The molecule has 0 radical (unpaired) electrons. The summed E-state index contributed by atoms with van der Waals surface area (Å²) < 4.78 is 85.3. The van der Waals surface area contributed by atoms with Crippen molar-refractivity contribution >= 4 is 21.6 Å². The highest BCUT2D eigenvalue weighted by molar-refractivity contribution is 7.92. The van der Waals surface area contributed by atoms with Crippen molar-refractivity contribution in [3.63, 3.8) is 0 Å². The Hall–Kier alpha value is -2.92. The molecule has 2 saturated carbocycles. The molecule has 5 rings (SSSR count). The summed E-state index contributed by atoms with van der Waals surface area (Å²) in [7, 11) is -4.30. The van der Waals surface area contributed by atoms with E-state index >= 15 is 0 Å². The monoisotopic (exact) mass is 636 g/mol. The average molecular weight is 637 g/mol. The Bertz CT molecular complexity index is 1500. The lowest BCUT2D eigenvalue weighted by atomic mass is 9.62. The Labute approximate surface area is 256 Å². The number of hydrogen-bond donors (Lipinski definition) is 2. The number of benzene rings is 2. The molecule has 2 aliphatic carbocycles. The molecule has 44 heavy (non-hydrogen) atoms. The molecule has 1 atom stereocenters. The van der Waals surface area contributed by atoms with Crippen LogP contribution in [0, 0.1) is 11.7 Å². The quantitative estimate of drug-likeness (QED) is 0.249. The lowest BCUT2D eigenvalue weighted by Crippen LogP contribution is -2.55. The topological polar surface area (TPSA) is 86.7 Å². The van der Waals surface area contributed by atoms with Gasteiger partial charge in [0.15, 0.2) is 5.60 Å². The number of rotatable bonds is 7. The molecule has 1 aliphatic heterocycles. The summed E-state index contributed by atoms with van der Waals surface area (Å²) >= 11 is 0. The number of allylic oxidation sites excluding steroid dienone is 1. The number of anilines is 1. The third kappa shape index (κ3) is 6.01. The van der Waals surface area contributed by atoms with Crippen LogP contribution in [0.25, 0.3) is 0 Å². The Kier molecular flexibility index (Phi) is 8.94. The van der Waals surface area contributed by atoms with Gasteiger partial charge in [0.05, 0.1) is 16.6 Å². The standard InChI is InChI=1S/C33H40F4N2O4S/c1-22(2)8-15-29-31(16-18-32(41,19-17-31)33(35,36)37)27-20-24(30(40)38-21-23-6-4-3-5-7-23)9-14-28(27)39(29)44(42,43)26-12-10-25(34)11-13-26/h8-14,20,23,29,41H,3-7,15-19,21H2,1-2H3,(H,38,40). The van der Waals surface area contributed by atoms with Gasteiger partial charge in [-0.25, -0.2) is 12.8 Å². The molecule has 0 aromatic heterocycles. The smallest absolute Gasteiger partial charge is 0.380 e. The highest BCUT2D eigenvalue weighted by Crippen LogP contribution is 2.59. The molecular formula is C33H40F4N2O4S. The van der Waals surface area contributed by atoms with E-state index < -0.39 is 51.9 Å². The van der Waals surface area contributed by atoms with E-state index in [1.807, 2.05) is 19.9 Å².